The quantitative estimate of drug-likeness (QED) is 0.779. The lowest BCUT2D eigenvalue weighted by Gasteiger charge is -2.20. The molecule has 0 spiro atoms. The van der Waals surface area contributed by atoms with Crippen molar-refractivity contribution in [2.24, 2.45) is 0 Å². The van der Waals surface area contributed by atoms with Crippen LogP contribution < -0.4 is 0 Å². The van der Waals surface area contributed by atoms with Crippen molar-refractivity contribution < 1.29 is 8.42 Å². The molecule has 1 fully saturated rings. The van der Waals surface area contributed by atoms with Crippen LogP contribution >= 0.6 is 11.3 Å². The molecule has 5 heteroatoms. The van der Waals surface area contributed by atoms with Crippen LogP contribution in [0.25, 0.3) is 0 Å². The van der Waals surface area contributed by atoms with Crippen LogP contribution in [0, 0.1) is 0 Å². The summed E-state index contributed by atoms with van der Waals surface area (Å²) < 4.78 is 24.5. The highest BCUT2D eigenvalue weighted by Gasteiger charge is 2.32. The zero-order chi connectivity index (χ0) is 10.2. The summed E-state index contributed by atoms with van der Waals surface area (Å²) in [6.07, 6.45) is 3.21. The van der Waals surface area contributed by atoms with E-state index in [0.717, 1.165) is 17.7 Å². The minimum absolute atomic E-state index is 0.0880. The SMILES string of the molecule is CS(=O)(=O)N1CCC[C@@H]1c1cccs1. The second-order valence-electron chi connectivity index (χ2n) is 3.55. The number of thiophene rings is 1. The number of sulfonamides is 1. The van der Waals surface area contributed by atoms with Crippen molar-refractivity contribution in [1.29, 1.82) is 0 Å². The van der Waals surface area contributed by atoms with Gasteiger partial charge >= 0.3 is 0 Å². The summed E-state index contributed by atoms with van der Waals surface area (Å²) in [4.78, 5) is 1.16. The predicted octanol–water partition coefficient (Wildman–Crippen LogP) is 1.84. The summed E-state index contributed by atoms with van der Waals surface area (Å²) in [6.45, 7) is 0.668. The first kappa shape index (κ1) is 10.1. The molecule has 1 aromatic rings. The van der Waals surface area contributed by atoms with Crippen LogP contribution in [-0.4, -0.2) is 25.5 Å². The summed E-state index contributed by atoms with van der Waals surface area (Å²) in [5.41, 5.74) is 0. The highest BCUT2D eigenvalue weighted by molar-refractivity contribution is 7.88. The van der Waals surface area contributed by atoms with Gasteiger partial charge in [0, 0.05) is 11.4 Å². The normalized spacial score (nSPS) is 24.2. The maximum atomic E-state index is 11.5. The lowest BCUT2D eigenvalue weighted by Crippen LogP contribution is -2.28. The Bertz CT molecular complexity index is 396. The average molecular weight is 231 g/mol. The summed E-state index contributed by atoms with van der Waals surface area (Å²) >= 11 is 1.63. The molecule has 14 heavy (non-hydrogen) atoms. The lowest BCUT2D eigenvalue weighted by atomic mass is 10.2. The Morgan fingerprint density at radius 1 is 1.57 bits per heavy atom. The number of rotatable bonds is 2. The molecule has 0 saturated carbocycles. The van der Waals surface area contributed by atoms with Crippen molar-refractivity contribution in [2.75, 3.05) is 12.8 Å². The van der Waals surface area contributed by atoms with E-state index in [1.165, 1.54) is 6.26 Å². The molecule has 2 heterocycles. The van der Waals surface area contributed by atoms with Gasteiger partial charge in [0.15, 0.2) is 0 Å². The van der Waals surface area contributed by atoms with Crippen LogP contribution in [0.1, 0.15) is 23.8 Å². The third kappa shape index (κ3) is 1.85. The third-order valence-electron chi connectivity index (χ3n) is 2.50. The first-order valence-electron chi connectivity index (χ1n) is 4.59. The number of hydrogen-bond donors (Lipinski definition) is 0. The molecule has 2 rings (SSSR count). The second kappa shape index (κ2) is 3.64. The summed E-state index contributed by atoms with van der Waals surface area (Å²) in [5, 5.41) is 1.99. The van der Waals surface area contributed by atoms with E-state index in [4.69, 9.17) is 0 Å². The van der Waals surface area contributed by atoms with Crippen LogP contribution in [0.5, 0.6) is 0 Å². The van der Waals surface area contributed by atoms with E-state index in [1.807, 2.05) is 17.5 Å². The molecule has 0 amide bonds. The van der Waals surface area contributed by atoms with Gasteiger partial charge in [-0.2, -0.15) is 4.31 Å². The van der Waals surface area contributed by atoms with E-state index in [9.17, 15) is 8.42 Å². The van der Waals surface area contributed by atoms with E-state index >= 15 is 0 Å². The van der Waals surface area contributed by atoms with Gasteiger partial charge in [-0.05, 0) is 24.3 Å². The summed E-state index contributed by atoms with van der Waals surface area (Å²) in [7, 11) is -3.04. The van der Waals surface area contributed by atoms with Crippen LogP contribution in [0.15, 0.2) is 17.5 Å². The zero-order valence-corrected chi connectivity index (χ0v) is 9.64. The highest BCUT2D eigenvalue weighted by atomic mass is 32.2. The van der Waals surface area contributed by atoms with E-state index in [-0.39, 0.29) is 6.04 Å². The van der Waals surface area contributed by atoms with Crippen molar-refractivity contribution in [1.82, 2.24) is 4.31 Å². The predicted molar refractivity (Wildman–Crippen MR) is 57.8 cm³/mol. The van der Waals surface area contributed by atoms with Gasteiger partial charge in [0.2, 0.25) is 10.0 Å². The molecule has 0 aromatic carbocycles. The fourth-order valence-electron chi connectivity index (χ4n) is 1.90. The van der Waals surface area contributed by atoms with Crippen molar-refractivity contribution >= 4 is 21.4 Å². The summed E-state index contributed by atoms with van der Waals surface area (Å²) in [6, 6.07) is 4.07. The van der Waals surface area contributed by atoms with E-state index in [0.29, 0.717) is 6.54 Å². The molecule has 1 atom stereocenters. The van der Waals surface area contributed by atoms with Crippen molar-refractivity contribution in [3.8, 4) is 0 Å². The van der Waals surface area contributed by atoms with Crippen molar-refractivity contribution in [2.45, 2.75) is 18.9 Å². The monoisotopic (exact) mass is 231 g/mol. The molecule has 1 aliphatic heterocycles. The van der Waals surface area contributed by atoms with Crippen LogP contribution in [-0.2, 0) is 10.0 Å². The molecule has 1 aromatic heterocycles. The molecule has 0 radical (unpaired) electrons. The Hall–Kier alpha value is -0.390. The Morgan fingerprint density at radius 2 is 2.36 bits per heavy atom. The molecular weight excluding hydrogens is 218 g/mol. The van der Waals surface area contributed by atoms with E-state index < -0.39 is 10.0 Å². The molecule has 3 nitrogen and oxygen atoms in total. The first-order chi connectivity index (χ1) is 6.59. The maximum Gasteiger partial charge on any atom is 0.211 e. The smallest absolute Gasteiger partial charge is 0.211 e. The largest absolute Gasteiger partial charge is 0.212 e. The molecule has 0 N–H and O–H groups in total. The maximum absolute atomic E-state index is 11.5. The topological polar surface area (TPSA) is 37.4 Å². The van der Waals surface area contributed by atoms with Crippen LogP contribution in [0.2, 0.25) is 0 Å². The zero-order valence-electron chi connectivity index (χ0n) is 8.01. The fourth-order valence-corrected chi connectivity index (χ4v) is 3.98. The first-order valence-corrected chi connectivity index (χ1v) is 7.32. The van der Waals surface area contributed by atoms with Crippen LogP contribution in [0.3, 0.4) is 0 Å². The molecule has 1 aliphatic rings. The molecular formula is C9H13NO2S2. The third-order valence-corrected chi connectivity index (χ3v) is 4.76. The second-order valence-corrected chi connectivity index (χ2v) is 6.46. The Morgan fingerprint density at radius 3 is 2.93 bits per heavy atom. The Kier molecular flexibility index (Phi) is 2.64. The van der Waals surface area contributed by atoms with Gasteiger partial charge in [0.1, 0.15) is 0 Å². The lowest BCUT2D eigenvalue weighted by molar-refractivity contribution is 0.405. The molecule has 0 bridgehead atoms. The number of nitrogens with zero attached hydrogens (tertiary/aromatic N) is 1. The van der Waals surface area contributed by atoms with Gasteiger partial charge in [-0.3, -0.25) is 0 Å². The fraction of sp³-hybridized carbons (Fsp3) is 0.556. The minimum atomic E-state index is -3.04. The Balaban J connectivity index is 2.28. The van der Waals surface area contributed by atoms with Gasteiger partial charge < -0.3 is 0 Å². The van der Waals surface area contributed by atoms with Gasteiger partial charge in [0.05, 0.1) is 12.3 Å². The van der Waals surface area contributed by atoms with Gasteiger partial charge in [0.25, 0.3) is 0 Å². The van der Waals surface area contributed by atoms with Gasteiger partial charge in [-0.25, -0.2) is 8.42 Å². The highest BCUT2D eigenvalue weighted by Crippen LogP contribution is 2.35. The summed E-state index contributed by atoms with van der Waals surface area (Å²) in [5.74, 6) is 0. The van der Waals surface area contributed by atoms with Crippen molar-refractivity contribution in [3.63, 3.8) is 0 Å². The Labute approximate surface area is 88.4 Å². The molecule has 1 saturated heterocycles. The van der Waals surface area contributed by atoms with E-state index in [1.54, 1.807) is 15.6 Å². The van der Waals surface area contributed by atoms with Gasteiger partial charge in [-0.15, -0.1) is 11.3 Å². The standard InChI is InChI=1S/C9H13NO2S2/c1-14(11,12)10-6-2-4-8(10)9-5-3-7-13-9/h3,5,7-8H,2,4,6H2,1H3/t8-/m1/s1. The molecule has 0 aliphatic carbocycles. The van der Waals surface area contributed by atoms with Crippen LogP contribution in [0.4, 0.5) is 0 Å². The molecule has 78 valence electrons. The average Bonchev–Trinajstić information content (AvgIpc) is 2.73. The van der Waals surface area contributed by atoms with Crippen molar-refractivity contribution in [3.05, 3.63) is 22.4 Å². The molecule has 0 unspecified atom stereocenters. The van der Waals surface area contributed by atoms with Gasteiger partial charge in [-0.1, -0.05) is 6.07 Å². The minimum Gasteiger partial charge on any atom is -0.212 e. The number of hydrogen-bond acceptors (Lipinski definition) is 3. The van der Waals surface area contributed by atoms with E-state index in [2.05, 4.69) is 0 Å².